The molecular weight excluding hydrogens is 290 g/mol. The summed E-state index contributed by atoms with van der Waals surface area (Å²) in [7, 11) is 3.22. The van der Waals surface area contributed by atoms with Crippen LogP contribution >= 0.6 is 0 Å². The highest BCUT2D eigenvalue weighted by molar-refractivity contribution is 5.84. The predicted octanol–water partition coefficient (Wildman–Crippen LogP) is 4.04. The Kier molecular flexibility index (Phi) is 4.51. The highest BCUT2D eigenvalue weighted by Gasteiger charge is 2.15. The van der Waals surface area contributed by atoms with Gasteiger partial charge in [-0.05, 0) is 66.6 Å². The van der Waals surface area contributed by atoms with Crippen LogP contribution in [-0.2, 0) is 12.8 Å². The molecular formula is C19H21NO3. The van der Waals surface area contributed by atoms with Gasteiger partial charge in [0.15, 0.2) is 11.5 Å². The molecule has 2 aromatic rings. The first kappa shape index (κ1) is 15.4. The molecule has 2 aromatic carbocycles. The maximum absolute atomic E-state index is 10.2. The van der Waals surface area contributed by atoms with Gasteiger partial charge in [-0.2, -0.15) is 0 Å². The Labute approximate surface area is 136 Å². The zero-order valence-electron chi connectivity index (χ0n) is 13.5. The number of phenols is 1. The first-order chi connectivity index (χ1) is 11.2. The maximum Gasteiger partial charge on any atom is 0.161 e. The van der Waals surface area contributed by atoms with Crippen LogP contribution in [0.25, 0.3) is 0 Å². The van der Waals surface area contributed by atoms with Gasteiger partial charge in [0.2, 0.25) is 0 Å². The minimum absolute atomic E-state index is 0.238. The summed E-state index contributed by atoms with van der Waals surface area (Å²) in [5, 5.41) is 10.2. The van der Waals surface area contributed by atoms with Crippen LogP contribution < -0.4 is 9.47 Å². The van der Waals surface area contributed by atoms with Crippen molar-refractivity contribution in [2.75, 3.05) is 14.2 Å². The third-order valence-electron chi connectivity index (χ3n) is 4.23. The van der Waals surface area contributed by atoms with E-state index >= 15 is 0 Å². The number of aryl methyl sites for hydroxylation is 1. The lowest BCUT2D eigenvalue weighted by molar-refractivity contribution is 0.355. The van der Waals surface area contributed by atoms with E-state index in [1.807, 2.05) is 24.3 Å². The van der Waals surface area contributed by atoms with E-state index in [4.69, 9.17) is 9.47 Å². The third-order valence-corrected chi connectivity index (χ3v) is 4.23. The molecule has 3 rings (SSSR count). The zero-order valence-corrected chi connectivity index (χ0v) is 13.5. The van der Waals surface area contributed by atoms with Crippen molar-refractivity contribution >= 4 is 11.9 Å². The van der Waals surface area contributed by atoms with Gasteiger partial charge in [-0.15, -0.1) is 0 Å². The first-order valence-electron chi connectivity index (χ1n) is 7.82. The Morgan fingerprint density at radius 2 is 1.78 bits per heavy atom. The number of rotatable bonds is 4. The number of hydrogen-bond acceptors (Lipinski definition) is 4. The van der Waals surface area contributed by atoms with Crippen LogP contribution in [0.2, 0.25) is 0 Å². The van der Waals surface area contributed by atoms with E-state index in [1.165, 1.54) is 17.5 Å². The second-order valence-electron chi connectivity index (χ2n) is 5.65. The van der Waals surface area contributed by atoms with Crippen LogP contribution in [0.4, 0.5) is 5.69 Å². The van der Waals surface area contributed by atoms with Crippen molar-refractivity contribution < 1.29 is 14.6 Å². The molecule has 120 valence electrons. The van der Waals surface area contributed by atoms with Crippen LogP contribution in [0, 0.1) is 0 Å². The van der Waals surface area contributed by atoms with Gasteiger partial charge in [-0.25, -0.2) is 0 Å². The molecule has 1 N–H and O–H groups in total. The maximum atomic E-state index is 10.2. The Balaban J connectivity index is 1.94. The minimum atomic E-state index is 0.238. The molecule has 4 heteroatoms. The number of methoxy groups -OCH3 is 2. The third kappa shape index (κ3) is 3.16. The van der Waals surface area contributed by atoms with E-state index in [0.29, 0.717) is 17.2 Å². The highest BCUT2D eigenvalue weighted by atomic mass is 16.5. The fourth-order valence-corrected chi connectivity index (χ4v) is 3.01. The normalized spacial score (nSPS) is 13.8. The van der Waals surface area contributed by atoms with E-state index < -0.39 is 0 Å². The standard InChI is InChI=1S/C19H21NO3/c1-22-17-10-7-13(11-18(17)23-2)12-20-19-15-6-4-3-5-14(15)8-9-16(19)21/h7-12,21H,3-6H2,1-2H3. The molecule has 0 saturated heterocycles. The molecule has 0 fully saturated rings. The summed E-state index contributed by atoms with van der Waals surface area (Å²) >= 11 is 0. The van der Waals surface area contributed by atoms with Crippen molar-refractivity contribution in [2.45, 2.75) is 25.7 Å². The lowest BCUT2D eigenvalue weighted by Crippen LogP contribution is -2.02. The second-order valence-corrected chi connectivity index (χ2v) is 5.65. The van der Waals surface area contributed by atoms with Crippen LogP contribution in [0.15, 0.2) is 35.3 Å². The number of aliphatic imine (C=N–C) groups is 1. The smallest absolute Gasteiger partial charge is 0.161 e. The van der Waals surface area contributed by atoms with E-state index in [9.17, 15) is 5.11 Å². The quantitative estimate of drug-likeness (QED) is 0.867. The first-order valence-corrected chi connectivity index (χ1v) is 7.82. The molecule has 1 aliphatic rings. The van der Waals surface area contributed by atoms with Gasteiger partial charge in [-0.1, -0.05) is 6.07 Å². The fourth-order valence-electron chi connectivity index (χ4n) is 3.01. The molecule has 0 atom stereocenters. The molecule has 0 amide bonds. The van der Waals surface area contributed by atoms with Gasteiger partial charge in [0.1, 0.15) is 11.4 Å². The summed E-state index contributed by atoms with van der Waals surface area (Å²) < 4.78 is 10.5. The Morgan fingerprint density at radius 3 is 2.57 bits per heavy atom. The molecule has 0 aliphatic heterocycles. The van der Waals surface area contributed by atoms with Gasteiger partial charge in [0.25, 0.3) is 0 Å². The Morgan fingerprint density at radius 1 is 1.00 bits per heavy atom. The van der Waals surface area contributed by atoms with Crippen LogP contribution in [0.3, 0.4) is 0 Å². The van der Waals surface area contributed by atoms with E-state index in [0.717, 1.165) is 24.8 Å². The van der Waals surface area contributed by atoms with Crippen molar-refractivity contribution in [1.82, 2.24) is 0 Å². The number of fused-ring (bicyclic) bond motifs is 1. The van der Waals surface area contributed by atoms with Crippen molar-refractivity contribution in [2.24, 2.45) is 4.99 Å². The summed E-state index contributed by atoms with van der Waals surface area (Å²) in [6.45, 7) is 0. The molecule has 0 spiro atoms. The predicted molar refractivity (Wildman–Crippen MR) is 91.5 cm³/mol. The number of nitrogens with zero attached hydrogens (tertiary/aromatic N) is 1. The monoisotopic (exact) mass is 311 g/mol. The lowest BCUT2D eigenvalue weighted by Gasteiger charge is -2.18. The van der Waals surface area contributed by atoms with Crippen LogP contribution in [0.1, 0.15) is 29.5 Å². The van der Waals surface area contributed by atoms with Crippen molar-refractivity contribution in [3.8, 4) is 17.2 Å². The molecule has 0 unspecified atom stereocenters. The molecule has 4 nitrogen and oxygen atoms in total. The van der Waals surface area contributed by atoms with Crippen molar-refractivity contribution in [3.05, 3.63) is 47.0 Å². The summed E-state index contributed by atoms with van der Waals surface area (Å²) in [6.07, 6.45) is 6.15. The molecule has 0 heterocycles. The largest absolute Gasteiger partial charge is 0.506 e. The van der Waals surface area contributed by atoms with Gasteiger partial charge in [0, 0.05) is 6.21 Å². The van der Waals surface area contributed by atoms with E-state index in [-0.39, 0.29) is 5.75 Å². The number of aromatic hydroxyl groups is 1. The molecule has 23 heavy (non-hydrogen) atoms. The van der Waals surface area contributed by atoms with Crippen LogP contribution in [-0.4, -0.2) is 25.5 Å². The number of ether oxygens (including phenoxy) is 2. The van der Waals surface area contributed by atoms with Gasteiger partial charge in [0.05, 0.1) is 14.2 Å². The Hall–Kier alpha value is -2.49. The minimum Gasteiger partial charge on any atom is -0.506 e. The van der Waals surface area contributed by atoms with Crippen LogP contribution in [0.5, 0.6) is 17.2 Å². The van der Waals surface area contributed by atoms with Gasteiger partial charge >= 0.3 is 0 Å². The number of hydrogen-bond donors (Lipinski definition) is 1. The zero-order chi connectivity index (χ0) is 16.2. The number of phenolic OH excluding ortho intramolecular Hbond substituents is 1. The summed E-state index contributed by atoms with van der Waals surface area (Å²) in [4.78, 5) is 4.55. The van der Waals surface area contributed by atoms with E-state index in [1.54, 1.807) is 26.5 Å². The van der Waals surface area contributed by atoms with Crippen molar-refractivity contribution in [1.29, 1.82) is 0 Å². The average molecular weight is 311 g/mol. The highest BCUT2D eigenvalue weighted by Crippen LogP contribution is 2.37. The Bertz CT molecular complexity index is 738. The second kappa shape index (κ2) is 6.73. The topological polar surface area (TPSA) is 51.0 Å². The fraction of sp³-hybridized carbons (Fsp3) is 0.316. The van der Waals surface area contributed by atoms with Crippen molar-refractivity contribution in [3.63, 3.8) is 0 Å². The summed E-state index contributed by atoms with van der Waals surface area (Å²) in [6, 6.07) is 9.39. The summed E-state index contributed by atoms with van der Waals surface area (Å²) in [5.74, 6) is 1.59. The molecule has 0 aromatic heterocycles. The van der Waals surface area contributed by atoms with Gasteiger partial charge < -0.3 is 14.6 Å². The molecule has 1 aliphatic carbocycles. The summed E-state index contributed by atoms with van der Waals surface area (Å²) in [5.41, 5.74) is 4.06. The molecule has 0 radical (unpaired) electrons. The number of benzene rings is 2. The SMILES string of the molecule is COc1ccc(C=Nc2c(O)ccc3c2CCCC3)cc1OC. The lowest BCUT2D eigenvalue weighted by atomic mass is 9.90. The molecule has 0 bridgehead atoms. The average Bonchev–Trinajstić information content (AvgIpc) is 2.60. The van der Waals surface area contributed by atoms with E-state index in [2.05, 4.69) is 4.99 Å². The van der Waals surface area contributed by atoms with Gasteiger partial charge in [-0.3, -0.25) is 4.99 Å². The molecule has 0 saturated carbocycles.